The molecule has 5 heteroatoms. The standard InChI is InChI=1S/C7H10IN3O/c1-4(2)6(12)5-7(8)11(3)10-9-5/h4H,1-3H3. The highest BCUT2D eigenvalue weighted by molar-refractivity contribution is 14.1. The van der Waals surface area contributed by atoms with Crippen LogP contribution in [0.4, 0.5) is 0 Å². The molecule has 0 atom stereocenters. The Bertz CT molecular complexity index is 306. The Kier molecular flexibility index (Phi) is 2.81. The van der Waals surface area contributed by atoms with E-state index in [2.05, 4.69) is 32.9 Å². The first-order valence-electron chi connectivity index (χ1n) is 3.63. The van der Waals surface area contributed by atoms with Crippen LogP contribution in [0.2, 0.25) is 0 Å². The maximum Gasteiger partial charge on any atom is 0.188 e. The van der Waals surface area contributed by atoms with Crippen molar-refractivity contribution in [3.8, 4) is 0 Å². The highest BCUT2D eigenvalue weighted by Crippen LogP contribution is 2.12. The second-order valence-electron chi connectivity index (χ2n) is 2.87. The number of Topliss-reactive ketones (excluding diaryl/α,β-unsaturated/α-hetero) is 1. The zero-order valence-corrected chi connectivity index (χ0v) is 9.36. The van der Waals surface area contributed by atoms with Gasteiger partial charge in [-0.15, -0.1) is 5.10 Å². The molecule has 1 rings (SSSR count). The van der Waals surface area contributed by atoms with Crippen LogP contribution in [0.25, 0.3) is 0 Å². The molecule has 0 radical (unpaired) electrons. The van der Waals surface area contributed by atoms with Crippen molar-refractivity contribution in [2.24, 2.45) is 13.0 Å². The second-order valence-corrected chi connectivity index (χ2v) is 3.89. The first-order valence-corrected chi connectivity index (χ1v) is 4.71. The minimum absolute atomic E-state index is 0.0183. The summed E-state index contributed by atoms with van der Waals surface area (Å²) in [6.07, 6.45) is 0. The molecule has 0 aliphatic carbocycles. The topological polar surface area (TPSA) is 47.8 Å². The van der Waals surface area contributed by atoms with E-state index in [-0.39, 0.29) is 11.7 Å². The van der Waals surface area contributed by atoms with Crippen LogP contribution in [-0.4, -0.2) is 20.8 Å². The van der Waals surface area contributed by atoms with Crippen LogP contribution in [-0.2, 0) is 7.05 Å². The zero-order valence-electron chi connectivity index (χ0n) is 7.21. The van der Waals surface area contributed by atoms with Crippen molar-refractivity contribution >= 4 is 28.4 Å². The van der Waals surface area contributed by atoms with E-state index in [9.17, 15) is 4.79 Å². The smallest absolute Gasteiger partial charge is 0.188 e. The Morgan fingerprint density at radius 1 is 1.58 bits per heavy atom. The van der Waals surface area contributed by atoms with E-state index >= 15 is 0 Å². The molecule has 66 valence electrons. The average Bonchev–Trinajstić information content (AvgIpc) is 2.32. The fourth-order valence-corrected chi connectivity index (χ4v) is 1.24. The lowest BCUT2D eigenvalue weighted by Gasteiger charge is -1.99. The number of carbonyl (C=O) groups excluding carboxylic acids is 1. The molecule has 0 fully saturated rings. The number of hydrogen-bond donors (Lipinski definition) is 0. The quantitative estimate of drug-likeness (QED) is 0.605. The first kappa shape index (κ1) is 9.63. The third kappa shape index (κ3) is 1.65. The van der Waals surface area contributed by atoms with Gasteiger partial charge in [-0.3, -0.25) is 4.79 Å². The summed E-state index contributed by atoms with van der Waals surface area (Å²) in [7, 11) is 1.77. The lowest BCUT2D eigenvalue weighted by atomic mass is 10.1. The van der Waals surface area contributed by atoms with Gasteiger partial charge >= 0.3 is 0 Å². The van der Waals surface area contributed by atoms with Gasteiger partial charge < -0.3 is 0 Å². The normalized spacial score (nSPS) is 10.8. The molecular weight excluding hydrogens is 269 g/mol. The van der Waals surface area contributed by atoms with E-state index in [1.807, 2.05) is 13.8 Å². The molecule has 12 heavy (non-hydrogen) atoms. The minimum atomic E-state index is -0.0183. The third-order valence-corrected chi connectivity index (χ3v) is 2.73. The fraction of sp³-hybridized carbons (Fsp3) is 0.571. The molecule has 0 aromatic carbocycles. The number of hydrogen-bond acceptors (Lipinski definition) is 3. The second kappa shape index (κ2) is 3.51. The summed E-state index contributed by atoms with van der Waals surface area (Å²) in [5.41, 5.74) is 0.480. The monoisotopic (exact) mass is 279 g/mol. The Labute approximate surface area is 84.5 Å². The summed E-state index contributed by atoms with van der Waals surface area (Å²) in [5, 5.41) is 7.55. The van der Waals surface area contributed by atoms with Gasteiger partial charge in [-0.1, -0.05) is 19.1 Å². The molecule has 1 heterocycles. The van der Waals surface area contributed by atoms with Crippen molar-refractivity contribution in [1.82, 2.24) is 15.0 Å². The summed E-state index contributed by atoms with van der Waals surface area (Å²) >= 11 is 2.07. The van der Waals surface area contributed by atoms with E-state index in [1.54, 1.807) is 11.7 Å². The largest absolute Gasteiger partial charge is 0.292 e. The van der Waals surface area contributed by atoms with Crippen LogP contribution >= 0.6 is 22.6 Å². The molecular formula is C7H10IN3O. The van der Waals surface area contributed by atoms with Crippen molar-refractivity contribution < 1.29 is 4.79 Å². The number of carbonyl (C=O) groups is 1. The molecule has 4 nitrogen and oxygen atoms in total. The van der Waals surface area contributed by atoms with Crippen LogP contribution in [0.1, 0.15) is 24.3 Å². The van der Waals surface area contributed by atoms with Crippen molar-refractivity contribution in [2.45, 2.75) is 13.8 Å². The van der Waals surface area contributed by atoms with Crippen molar-refractivity contribution in [1.29, 1.82) is 0 Å². The summed E-state index contributed by atoms with van der Waals surface area (Å²) in [6.45, 7) is 3.71. The van der Waals surface area contributed by atoms with Gasteiger partial charge in [0.05, 0.1) is 0 Å². The molecule has 0 spiro atoms. The van der Waals surface area contributed by atoms with Crippen LogP contribution in [0.15, 0.2) is 0 Å². The Hall–Kier alpha value is -0.460. The van der Waals surface area contributed by atoms with E-state index in [1.165, 1.54) is 0 Å². The SMILES string of the molecule is CC(C)C(=O)c1nnn(C)c1I. The van der Waals surface area contributed by atoms with Crippen LogP contribution in [0, 0.1) is 9.62 Å². The number of ketones is 1. The van der Waals surface area contributed by atoms with Gasteiger partial charge in [0.2, 0.25) is 0 Å². The van der Waals surface area contributed by atoms with E-state index in [0.717, 1.165) is 3.70 Å². The summed E-state index contributed by atoms with van der Waals surface area (Å²) in [4.78, 5) is 11.5. The van der Waals surface area contributed by atoms with Crippen LogP contribution < -0.4 is 0 Å². The fourth-order valence-electron chi connectivity index (χ4n) is 0.770. The molecule has 0 aliphatic heterocycles. The lowest BCUT2D eigenvalue weighted by Crippen LogP contribution is -2.10. The summed E-state index contributed by atoms with van der Waals surface area (Å²) < 4.78 is 2.39. The number of halogens is 1. The van der Waals surface area contributed by atoms with Crippen LogP contribution in [0.3, 0.4) is 0 Å². The van der Waals surface area contributed by atoms with Gasteiger partial charge in [-0.05, 0) is 22.6 Å². The highest BCUT2D eigenvalue weighted by atomic mass is 127. The summed E-state index contributed by atoms with van der Waals surface area (Å²) in [6, 6.07) is 0. The molecule has 0 N–H and O–H groups in total. The van der Waals surface area contributed by atoms with Gasteiger partial charge in [0, 0.05) is 13.0 Å². The molecule has 1 aromatic rings. The predicted octanol–water partition coefficient (Wildman–Crippen LogP) is 1.26. The Morgan fingerprint density at radius 3 is 2.50 bits per heavy atom. The van der Waals surface area contributed by atoms with Gasteiger partial charge in [0.15, 0.2) is 11.5 Å². The molecule has 0 saturated heterocycles. The molecule has 1 aromatic heterocycles. The summed E-state index contributed by atoms with van der Waals surface area (Å²) in [5.74, 6) is 0.0303. The van der Waals surface area contributed by atoms with E-state index in [4.69, 9.17) is 0 Å². The number of aromatic nitrogens is 3. The average molecular weight is 279 g/mol. The molecule has 0 bridgehead atoms. The Morgan fingerprint density at radius 2 is 2.17 bits per heavy atom. The van der Waals surface area contributed by atoms with Gasteiger partial charge in [-0.2, -0.15) is 0 Å². The number of aryl methyl sites for hydroxylation is 1. The Balaban J connectivity index is 3.04. The molecule has 0 amide bonds. The zero-order chi connectivity index (χ0) is 9.30. The highest BCUT2D eigenvalue weighted by Gasteiger charge is 2.18. The first-order chi connectivity index (χ1) is 5.54. The molecule has 0 saturated carbocycles. The maximum absolute atomic E-state index is 11.5. The predicted molar refractivity (Wildman–Crippen MR) is 52.9 cm³/mol. The van der Waals surface area contributed by atoms with E-state index in [0.29, 0.717) is 5.69 Å². The van der Waals surface area contributed by atoms with E-state index < -0.39 is 0 Å². The molecule has 0 aliphatic rings. The third-order valence-electron chi connectivity index (χ3n) is 1.52. The number of nitrogens with zero attached hydrogens (tertiary/aromatic N) is 3. The van der Waals surface area contributed by atoms with Crippen molar-refractivity contribution in [3.63, 3.8) is 0 Å². The minimum Gasteiger partial charge on any atom is -0.292 e. The number of rotatable bonds is 2. The van der Waals surface area contributed by atoms with Crippen molar-refractivity contribution in [2.75, 3.05) is 0 Å². The van der Waals surface area contributed by atoms with Gasteiger partial charge in [0.25, 0.3) is 0 Å². The van der Waals surface area contributed by atoms with Gasteiger partial charge in [-0.25, -0.2) is 4.68 Å². The van der Waals surface area contributed by atoms with Crippen molar-refractivity contribution in [3.05, 3.63) is 9.39 Å². The molecule has 0 unspecified atom stereocenters. The van der Waals surface area contributed by atoms with Gasteiger partial charge in [0.1, 0.15) is 3.70 Å². The van der Waals surface area contributed by atoms with Crippen LogP contribution in [0.5, 0.6) is 0 Å². The lowest BCUT2D eigenvalue weighted by molar-refractivity contribution is 0.0933. The maximum atomic E-state index is 11.5.